The number of hydroxylamine groups is 2. The van der Waals surface area contributed by atoms with E-state index < -0.39 is 19.1 Å². The van der Waals surface area contributed by atoms with Crippen LogP contribution >= 0.6 is 0 Å². The number of imide groups is 1. The molecule has 0 aliphatic carbocycles. The number of carbonyl (C=O) groups is 2. The Morgan fingerprint density at radius 2 is 1.47 bits per heavy atom. The molecule has 19 heavy (non-hydrogen) atoms. The highest BCUT2D eigenvalue weighted by atomic mass is 16.8. The van der Waals surface area contributed by atoms with Crippen molar-refractivity contribution in [3.8, 4) is 0 Å². The largest absolute Gasteiger partial charge is 0.657 e. The third-order valence-electron chi connectivity index (χ3n) is 2.93. The number of nitrogens with zero attached hydrogens (tertiary/aromatic N) is 1. The van der Waals surface area contributed by atoms with E-state index in [1.165, 1.54) is 0 Å². The lowest BCUT2D eigenvalue weighted by atomic mass is 9.95. The first-order valence-corrected chi connectivity index (χ1v) is 5.53. The van der Waals surface area contributed by atoms with Crippen molar-refractivity contribution in [1.82, 2.24) is 5.06 Å². The van der Waals surface area contributed by atoms with Crippen LogP contribution in [0.3, 0.4) is 0 Å². The number of hydrogen-bond donors (Lipinski definition) is 2. The lowest BCUT2D eigenvalue weighted by Crippen LogP contribution is -2.44. The lowest BCUT2D eigenvalue weighted by Gasteiger charge is -2.25. The number of amides is 2. The summed E-state index contributed by atoms with van der Waals surface area (Å²) in [6, 6.07) is 10.1. The maximum absolute atomic E-state index is 12.1. The number of benzene rings is 2. The molecule has 2 N–H and O–H groups in total. The van der Waals surface area contributed by atoms with Crippen molar-refractivity contribution in [2.45, 2.75) is 0 Å². The summed E-state index contributed by atoms with van der Waals surface area (Å²) in [4.78, 5) is 24.2. The summed E-state index contributed by atoms with van der Waals surface area (Å²) in [5.41, 5.74) is 0.571. The molecule has 0 aromatic heterocycles. The highest BCUT2D eigenvalue weighted by Gasteiger charge is 2.36. The van der Waals surface area contributed by atoms with Crippen molar-refractivity contribution in [1.29, 1.82) is 0 Å². The zero-order valence-corrected chi connectivity index (χ0v) is 9.61. The average Bonchev–Trinajstić information content (AvgIpc) is 2.40. The zero-order chi connectivity index (χ0) is 13.6. The van der Waals surface area contributed by atoms with Crippen molar-refractivity contribution in [3.63, 3.8) is 0 Å². The highest BCUT2D eigenvalue weighted by Crippen LogP contribution is 2.29. The minimum Gasteiger partial charge on any atom is -0.400 e. The molecule has 1 aliphatic heterocycles. The van der Waals surface area contributed by atoms with Crippen molar-refractivity contribution < 1.29 is 24.4 Å². The highest BCUT2D eigenvalue weighted by molar-refractivity contribution is 6.34. The molecule has 6 nitrogen and oxygen atoms in total. The molecule has 1 heterocycles. The number of hydrogen-bond acceptors (Lipinski definition) is 5. The quantitative estimate of drug-likeness (QED) is 0.598. The monoisotopic (exact) mass is 257 g/mol. The molecular formula is C12H8BNO5. The Bertz CT molecular complexity index is 649. The van der Waals surface area contributed by atoms with E-state index in [4.69, 9.17) is 10.0 Å². The van der Waals surface area contributed by atoms with Gasteiger partial charge in [-0.25, -0.2) is 0 Å². The molecule has 0 unspecified atom stereocenters. The van der Waals surface area contributed by atoms with Crippen LogP contribution in [-0.4, -0.2) is 34.2 Å². The Kier molecular flexibility index (Phi) is 2.60. The Hall–Kier alpha value is -2.22. The minimum atomic E-state index is -2.24. The van der Waals surface area contributed by atoms with Gasteiger partial charge in [0.25, 0.3) is 11.8 Å². The van der Waals surface area contributed by atoms with Gasteiger partial charge >= 0.3 is 7.32 Å². The van der Waals surface area contributed by atoms with Crippen LogP contribution in [-0.2, 0) is 4.76 Å². The summed E-state index contributed by atoms with van der Waals surface area (Å²) >= 11 is 0. The van der Waals surface area contributed by atoms with Crippen LogP contribution in [0.25, 0.3) is 10.8 Å². The molecule has 1 aliphatic rings. The van der Waals surface area contributed by atoms with Gasteiger partial charge in [-0.05, 0) is 17.5 Å². The molecule has 2 aromatic rings. The molecule has 0 fully saturated rings. The van der Waals surface area contributed by atoms with Gasteiger partial charge in [0.15, 0.2) is 0 Å². The molecule has 2 amide bonds. The summed E-state index contributed by atoms with van der Waals surface area (Å²) < 4.78 is 4.45. The average molecular weight is 257 g/mol. The molecule has 0 saturated heterocycles. The van der Waals surface area contributed by atoms with Crippen LogP contribution in [0.4, 0.5) is 0 Å². The van der Waals surface area contributed by atoms with Crippen molar-refractivity contribution in [3.05, 3.63) is 47.5 Å². The van der Waals surface area contributed by atoms with Gasteiger partial charge < -0.3 is 10.0 Å². The molecule has 7 heteroatoms. The van der Waals surface area contributed by atoms with E-state index in [1.54, 1.807) is 36.4 Å². The van der Waals surface area contributed by atoms with E-state index in [0.717, 1.165) is 5.39 Å². The number of rotatable bonds is 2. The van der Waals surface area contributed by atoms with Crippen LogP contribution in [0.15, 0.2) is 36.4 Å². The first kappa shape index (κ1) is 11.9. The predicted molar refractivity (Wildman–Crippen MR) is 65.7 cm³/mol. The van der Waals surface area contributed by atoms with Gasteiger partial charge in [0, 0.05) is 5.39 Å². The predicted octanol–water partition coefficient (Wildman–Crippen LogP) is 0.337. The van der Waals surface area contributed by atoms with Gasteiger partial charge in [-0.1, -0.05) is 24.3 Å². The maximum Gasteiger partial charge on any atom is 0.657 e. The van der Waals surface area contributed by atoms with Gasteiger partial charge in [-0.15, -0.1) is 0 Å². The van der Waals surface area contributed by atoms with Crippen LogP contribution < -0.4 is 0 Å². The van der Waals surface area contributed by atoms with Gasteiger partial charge in [0.05, 0.1) is 11.1 Å². The molecule has 0 radical (unpaired) electrons. The Morgan fingerprint density at radius 1 is 0.947 bits per heavy atom. The van der Waals surface area contributed by atoms with E-state index >= 15 is 0 Å². The van der Waals surface area contributed by atoms with Crippen molar-refractivity contribution >= 4 is 29.9 Å². The van der Waals surface area contributed by atoms with Gasteiger partial charge in [-0.2, -0.15) is 5.06 Å². The molecular weight excluding hydrogens is 249 g/mol. The fraction of sp³-hybridized carbons (Fsp3) is 0. The third-order valence-corrected chi connectivity index (χ3v) is 2.93. The maximum atomic E-state index is 12.1. The summed E-state index contributed by atoms with van der Waals surface area (Å²) in [7, 11) is -2.24. The lowest BCUT2D eigenvalue weighted by molar-refractivity contribution is -0.0453. The second-order valence-electron chi connectivity index (χ2n) is 4.05. The van der Waals surface area contributed by atoms with E-state index in [1.807, 2.05) is 0 Å². The zero-order valence-electron chi connectivity index (χ0n) is 9.61. The van der Waals surface area contributed by atoms with Crippen LogP contribution in [0, 0.1) is 0 Å². The fourth-order valence-electron chi connectivity index (χ4n) is 2.20. The summed E-state index contributed by atoms with van der Waals surface area (Å²) in [6.45, 7) is 0. The summed E-state index contributed by atoms with van der Waals surface area (Å²) in [5.74, 6) is -1.44. The summed E-state index contributed by atoms with van der Waals surface area (Å²) in [6.07, 6.45) is 0. The normalized spacial score (nSPS) is 14.1. The molecule has 0 atom stereocenters. The fourth-order valence-corrected chi connectivity index (χ4v) is 2.20. The minimum absolute atomic E-state index is 0.286. The van der Waals surface area contributed by atoms with Crippen molar-refractivity contribution in [2.24, 2.45) is 0 Å². The molecule has 0 bridgehead atoms. The second-order valence-corrected chi connectivity index (χ2v) is 4.05. The Morgan fingerprint density at radius 3 is 1.95 bits per heavy atom. The smallest absolute Gasteiger partial charge is 0.400 e. The van der Waals surface area contributed by atoms with Gasteiger partial charge in [0.1, 0.15) is 0 Å². The molecule has 2 aromatic carbocycles. The molecule has 0 spiro atoms. The standard InChI is InChI=1S/C12H8BNO5/c15-11-8-5-1-3-7-4-2-6-9(10(7)8)12(16)14(11)19-13(17)18/h1-6,17-18H. The molecule has 3 rings (SSSR count). The number of carbonyl (C=O) groups excluding carboxylic acids is 2. The van der Waals surface area contributed by atoms with Crippen LogP contribution in [0.2, 0.25) is 0 Å². The Labute approximate surface area is 108 Å². The van der Waals surface area contributed by atoms with E-state index in [-0.39, 0.29) is 11.1 Å². The molecule has 94 valence electrons. The Balaban J connectivity index is 2.25. The molecule has 0 saturated carbocycles. The topological polar surface area (TPSA) is 87.1 Å². The van der Waals surface area contributed by atoms with Crippen LogP contribution in [0.5, 0.6) is 0 Å². The SMILES string of the molecule is O=C1c2cccc3cccc(c23)C(=O)N1OB(O)O. The van der Waals surface area contributed by atoms with E-state index in [9.17, 15) is 9.59 Å². The van der Waals surface area contributed by atoms with Gasteiger partial charge in [0.2, 0.25) is 0 Å². The second kappa shape index (κ2) is 4.16. The van der Waals surface area contributed by atoms with E-state index in [2.05, 4.69) is 4.76 Å². The van der Waals surface area contributed by atoms with Crippen LogP contribution in [0.1, 0.15) is 20.7 Å². The van der Waals surface area contributed by atoms with E-state index in [0.29, 0.717) is 10.4 Å². The first-order valence-electron chi connectivity index (χ1n) is 5.53. The third kappa shape index (κ3) is 1.72. The first-order chi connectivity index (χ1) is 9.09. The van der Waals surface area contributed by atoms with Gasteiger partial charge in [-0.3, -0.25) is 14.3 Å². The summed E-state index contributed by atoms with van der Waals surface area (Å²) in [5, 5.41) is 19.2. The van der Waals surface area contributed by atoms with Crippen molar-refractivity contribution in [2.75, 3.05) is 0 Å².